The molecule has 2 rings (SSSR count). The number of nitro groups is 1. The number of rotatable bonds is 6. The van der Waals surface area contributed by atoms with E-state index in [0.717, 1.165) is 13.1 Å². The van der Waals surface area contributed by atoms with Crippen molar-refractivity contribution in [3.8, 4) is 0 Å². The topological polar surface area (TPSA) is 121 Å². The van der Waals surface area contributed by atoms with E-state index in [-0.39, 0.29) is 21.9 Å². The number of likely N-dealkylation sites (N-methyl/N-ethyl adjacent to an activating group) is 1. The molecule has 0 radical (unpaired) electrons. The van der Waals surface area contributed by atoms with E-state index in [0.29, 0.717) is 0 Å². The van der Waals surface area contributed by atoms with Crippen LogP contribution in [-0.2, 0) is 15.2 Å². The number of non-ortho nitro benzene ring substituents is 1. The van der Waals surface area contributed by atoms with Crippen LogP contribution in [0.2, 0.25) is 0 Å². The van der Waals surface area contributed by atoms with E-state index in [9.17, 15) is 24.8 Å². The predicted molar refractivity (Wildman–Crippen MR) is 86.7 cm³/mol. The van der Waals surface area contributed by atoms with Gasteiger partial charge >= 0.3 is 5.91 Å². The van der Waals surface area contributed by atoms with Crippen LogP contribution in [0.5, 0.6) is 0 Å². The Morgan fingerprint density at radius 2 is 1.72 bits per heavy atom. The number of nitrogens with zero attached hydrogens (tertiary/aromatic N) is 2. The van der Waals surface area contributed by atoms with Crippen LogP contribution >= 0.6 is 0 Å². The Bertz CT molecular complexity index is 806. The lowest BCUT2D eigenvalue weighted by molar-refractivity contribution is -0.385. The number of hydroxylamine groups is 2. The van der Waals surface area contributed by atoms with Crippen molar-refractivity contribution in [1.82, 2.24) is 5.06 Å². The average molecular weight is 344 g/mol. The summed E-state index contributed by atoms with van der Waals surface area (Å²) in [5, 5.41) is 31.4. The van der Waals surface area contributed by atoms with Gasteiger partial charge in [0.05, 0.1) is 11.3 Å². The van der Waals surface area contributed by atoms with Crippen molar-refractivity contribution in [1.29, 1.82) is 0 Å². The molecule has 0 aromatic heterocycles. The van der Waals surface area contributed by atoms with E-state index in [1.165, 1.54) is 18.2 Å². The third-order valence-corrected chi connectivity index (χ3v) is 3.73. The minimum atomic E-state index is -1.96. The van der Waals surface area contributed by atoms with E-state index < -0.39 is 28.6 Å². The number of carbonyl (C=O) groups excluding carboxylic acids is 2. The van der Waals surface area contributed by atoms with Gasteiger partial charge in [0.2, 0.25) is 5.78 Å². The first-order chi connectivity index (χ1) is 11.8. The molecule has 8 nitrogen and oxygen atoms in total. The quantitative estimate of drug-likeness (QED) is 0.356. The minimum absolute atomic E-state index is 0.0923. The van der Waals surface area contributed by atoms with Gasteiger partial charge in [-0.2, -0.15) is 0 Å². The molecule has 0 spiro atoms. The monoisotopic (exact) mass is 344 g/mol. The van der Waals surface area contributed by atoms with E-state index in [4.69, 9.17) is 5.21 Å². The maximum absolute atomic E-state index is 12.1. The van der Waals surface area contributed by atoms with Crippen molar-refractivity contribution in [3.63, 3.8) is 0 Å². The van der Waals surface area contributed by atoms with Crippen molar-refractivity contribution in [3.05, 3.63) is 75.8 Å². The molecule has 1 atom stereocenters. The summed E-state index contributed by atoms with van der Waals surface area (Å²) in [4.78, 5) is 34.2. The van der Waals surface area contributed by atoms with Gasteiger partial charge in [-0.15, -0.1) is 0 Å². The second kappa shape index (κ2) is 7.20. The third kappa shape index (κ3) is 3.87. The Labute approximate surface area is 143 Å². The summed E-state index contributed by atoms with van der Waals surface area (Å²) >= 11 is 0. The first-order valence-corrected chi connectivity index (χ1v) is 7.28. The first kappa shape index (κ1) is 18.2. The number of nitro benzene ring substituents is 1. The normalized spacial score (nSPS) is 12.9. The van der Waals surface area contributed by atoms with Gasteiger partial charge in [-0.05, 0) is 11.1 Å². The molecule has 0 bridgehead atoms. The second-order valence-electron chi connectivity index (χ2n) is 5.46. The third-order valence-electron chi connectivity index (χ3n) is 3.73. The van der Waals surface area contributed by atoms with Crippen LogP contribution in [0.3, 0.4) is 0 Å². The van der Waals surface area contributed by atoms with Crippen molar-refractivity contribution < 1.29 is 24.8 Å². The van der Waals surface area contributed by atoms with Crippen LogP contribution in [0.4, 0.5) is 5.69 Å². The minimum Gasteiger partial charge on any atom is -0.380 e. The van der Waals surface area contributed by atoms with E-state index >= 15 is 0 Å². The van der Waals surface area contributed by atoms with Crippen LogP contribution in [-0.4, -0.2) is 39.0 Å². The molecule has 8 heteroatoms. The van der Waals surface area contributed by atoms with E-state index in [1.54, 1.807) is 30.3 Å². The van der Waals surface area contributed by atoms with Crippen molar-refractivity contribution in [2.24, 2.45) is 0 Å². The molecule has 1 amide bonds. The van der Waals surface area contributed by atoms with Gasteiger partial charge in [0.25, 0.3) is 5.69 Å². The zero-order valence-corrected chi connectivity index (χ0v) is 13.3. The molecule has 130 valence electrons. The maximum atomic E-state index is 12.1. The Morgan fingerprint density at radius 3 is 2.28 bits per heavy atom. The summed E-state index contributed by atoms with van der Waals surface area (Å²) in [6.07, 6.45) is -0.679. The molecule has 0 saturated carbocycles. The van der Waals surface area contributed by atoms with Gasteiger partial charge in [-0.3, -0.25) is 24.9 Å². The number of amides is 1. The molecule has 25 heavy (non-hydrogen) atoms. The Hall–Kier alpha value is -3.10. The summed E-state index contributed by atoms with van der Waals surface area (Å²) in [7, 11) is 0.995. The molecule has 2 aromatic carbocycles. The highest BCUT2D eigenvalue weighted by Gasteiger charge is 2.37. The number of Topliss-reactive ketones (excluding diaryl/α,β-unsaturated/α-hetero) is 1. The smallest absolute Gasteiger partial charge is 0.313 e. The molecule has 0 aliphatic heterocycles. The van der Waals surface area contributed by atoms with Crippen LogP contribution in [0, 0.1) is 10.1 Å². The summed E-state index contributed by atoms with van der Waals surface area (Å²) in [6.45, 7) is 0. The predicted octanol–water partition coefficient (Wildman–Crippen LogP) is 1.64. The Morgan fingerprint density at radius 1 is 1.12 bits per heavy atom. The fourth-order valence-electron chi connectivity index (χ4n) is 2.45. The largest absolute Gasteiger partial charge is 0.380 e. The summed E-state index contributed by atoms with van der Waals surface area (Å²) in [5.41, 5.74) is -1.84. The van der Waals surface area contributed by atoms with Crippen LogP contribution in [0.1, 0.15) is 17.5 Å². The SMILES string of the molecule is CN(O)C(=O)C(=O)CC(O)(c1ccccc1)c1cccc([N+](=O)[O-])c1. The lowest BCUT2D eigenvalue weighted by Crippen LogP contribution is -2.37. The summed E-state index contributed by atoms with van der Waals surface area (Å²) in [5.74, 6) is -2.23. The average Bonchev–Trinajstić information content (AvgIpc) is 2.61. The van der Waals surface area contributed by atoms with Crippen LogP contribution in [0.25, 0.3) is 0 Å². The lowest BCUT2D eigenvalue weighted by Gasteiger charge is -2.28. The lowest BCUT2D eigenvalue weighted by atomic mass is 9.82. The van der Waals surface area contributed by atoms with Gasteiger partial charge in [0.1, 0.15) is 5.60 Å². The number of carbonyl (C=O) groups is 2. The molecular formula is C17H16N2O6. The number of benzene rings is 2. The molecule has 0 fully saturated rings. The molecule has 0 aliphatic carbocycles. The fraction of sp³-hybridized carbons (Fsp3) is 0.176. The molecule has 2 N–H and O–H groups in total. The number of hydrogen-bond acceptors (Lipinski definition) is 6. The standard InChI is InChI=1S/C17H16N2O6/c1-18(23)16(21)15(20)11-17(22,12-6-3-2-4-7-12)13-8-5-9-14(10-13)19(24)25/h2-10,22-23H,11H2,1H3. The van der Waals surface area contributed by atoms with Gasteiger partial charge in [-0.1, -0.05) is 42.5 Å². The molecule has 1 unspecified atom stereocenters. The van der Waals surface area contributed by atoms with Gasteiger partial charge < -0.3 is 5.11 Å². The van der Waals surface area contributed by atoms with Crippen LogP contribution in [0.15, 0.2) is 54.6 Å². The first-order valence-electron chi connectivity index (χ1n) is 7.28. The highest BCUT2D eigenvalue weighted by atomic mass is 16.6. The summed E-state index contributed by atoms with van der Waals surface area (Å²) in [6, 6.07) is 13.2. The molecular weight excluding hydrogens is 328 g/mol. The van der Waals surface area contributed by atoms with E-state index in [1.807, 2.05) is 0 Å². The van der Waals surface area contributed by atoms with Crippen molar-refractivity contribution >= 4 is 17.4 Å². The van der Waals surface area contributed by atoms with E-state index in [2.05, 4.69) is 0 Å². The molecule has 0 saturated heterocycles. The number of aliphatic hydroxyl groups is 1. The molecule has 2 aromatic rings. The zero-order valence-electron chi connectivity index (χ0n) is 13.3. The molecule has 0 heterocycles. The Kier molecular flexibility index (Phi) is 5.26. The molecule has 0 aliphatic rings. The highest BCUT2D eigenvalue weighted by Crippen LogP contribution is 2.35. The summed E-state index contributed by atoms with van der Waals surface area (Å²) < 4.78 is 0. The second-order valence-corrected chi connectivity index (χ2v) is 5.46. The number of hydrogen-bond donors (Lipinski definition) is 2. The fourth-order valence-corrected chi connectivity index (χ4v) is 2.45. The van der Waals surface area contributed by atoms with Crippen molar-refractivity contribution in [2.75, 3.05) is 7.05 Å². The highest BCUT2D eigenvalue weighted by molar-refractivity contribution is 6.35. The number of ketones is 1. The van der Waals surface area contributed by atoms with Crippen LogP contribution < -0.4 is 0 Å². The van der Waals surface area contributed by atoms with Gasteiger partial charge in [0.15, 0.2) is 0 Å². The van der Waals surface area contributed by atoms with Gasteiger partial charge in [-0.25, -0.2) is 5.06 Å². The van der Waals surface area contributed by atoms with Crippen molar-refractivity contribution in [2.45, 2.75) is 12.0 Å². The van der Waals surface area contributed by atoms with Gasteiger partial charge in [0, 0.05) is 19.2 Å². The Balaban J connectivity index is 2.54. The zero-order chi connectivity index (χ0) is 18.6. The maximum Gasteiger partial charge on any atom is 0.313 e.